The quantitative estimate of drug-likeness (QED) is 0.109. The number of hydrogen-bond donors (Lipinski definition) is 5. The van der Waals surface area contributed by atoms with Crippen LogP contribution in [-0.4, -0.2) is 142 Å². The fraction of sp³-hybridized carbons (Fsp3) is 0.947. The smallest absolute Gasteiger partial charge is 0.311 e. The van der Waals surface area contributed by atoms with Crippen LogP contribution in [-0.2, 0) is 33.2 Å². The Balaban J connectivity index is 2.22. The zero-order chi connectivity index (χ0) is 40.6. The summed E-state index contributed by atoms with van der Waals surface area (Å²) >= 11 is 0. The van der Waals surface area contributed by atoms with E-state index < -0.39 is 118 Å². The molecule has 0 radical (unpaired) electrons. The van der Waals surface area contributed by atoms with Gasteiger partial charge in [-0.15, -0.1) is 0 Å². The SMILES string of the molecule is CC[C@H]1OC(=O)[C@H](C)[C@@H](OC2C[C@@](C)(OC)[C@@H](O)[C@H](C)O2)[C@H](C)[C@@H](OC2O[C@H](C)C[C@H]([N+](C)(C)[O-])[C@H]2O)C(C)(C)C[C@@H](C)/C(=N\O)[C@H](C)[C@@H](O)[C@]1(C)O. The highest BCUT2D eigenvalue weighted by Gasteiger charge is 2.53. The predicted octanol–water partition coefficient (Wildman–Crippen LogP) is 3.33. The average molecular weight is 763 g/mol. The number of cyclic esters (lactones) is 1. The van der Waals surface area contributed by atoms with Gasteiger partial charge in [0.1, 0.15) is 23.9 Å². The summed E-state index contributed by atoms with van der Waals surface area (Å²) in [7, 11) is 4.44. The number of aliphatic hydroxyl groups is 4. The number of quaternary nitrogens is 1. The monoisotopic (exact) mass is 762 g/mol. The molecule has 0 bridgehead atoms. The van der Waals surface area contributed by atoms with Gasteiger partial charge in [0.2, 0.25) is 0 Å². The lowest BCUT2D eigenvalue weighted by molar-refractivity contribution is -0.874. The number of carbonyl (C=O) groups excluding carboxylic acids is 1. The molecule has 15 nitrogen and oxygen atoms in total. The minimum Gasteiger partial charge on any atom is -0.633 e. The Morgan fingerprint density at radius 1 is 0.943 bits per heavy atom. The first-order valence-electron chi connectivity index (χ1n) is 19.2. The van der Waals surface area contributed by atoms with Crippen molar-refractivity contribution in [3.63, 3.8) is 0 Å². The van der Waals surface area contributed by atoms with Gasteiger partial charge in [0.25, 0.3) is 0 Å². The maximum absolute atomic E-state index is 14.2. The lowest BCUT2D eigenvalue weighted by Crippen LogP contribution is -2.62. The van der Waals surface area contributed by atoms with Gasteiger partial charge >= 0.3 is 5.97 Å². The number of rotatable bonds is 7. The van der Waals surface area contributed by atoms with E-state index in [1.807, 2.05) is 34.6 Å². The fourth-order valence-electron chi connectivity index (χ4n) is 9.07. The Labute approximate surface area is 316 Å². The molecule has 310 valence electrons. The van der Waals surface area contributed by atoms with Crippen molar-refractivity contribution in [2.75, 3.05) is 21.2 Å². The molecule has 53 heavy (non-hydrogen) atoms. The second-order valence-electron chi connectivity index (χ2n) is 17.7. The molecule has 3 saturated heterocycles. The van der Waals surface area contributed by atoms with Crippen molar-refractivity contribution in [3.8, 4) is 0 Å². The van der Waals surface area contributed by atoms with Crippen molar-refractivity contribution < 1.29 is 63.5 Å². The first-order chi connectivity index (χ1) is 24.3. The van der Waals surface area contributed by atoms with Crippen LogP contribution in [0.4, 0.5) is 0 Å². The average Bonchev–Trinajstić information content (AvgIpc) is 3.06. The van der Waals surface area contributed by atoms with Gasteiger partial charge in [0.15, 0.2) is 18.7 Å². The number of likely N-dealkylation sites (N-methyl/N-ethyl adjacent to an activating group) is 1. The van der Waals surface area contributed by atoms with Gasteiger partial charge in [-0.2, -0.15) is 0 Å². The van der Waals surface area contributed by atoms with E-state index in [2.05, 4.69) is 5.16 Å². The molecule has 0 aromatic rings. The minimum atomic E-state index is -1.93. The van der Waals surface area contributed by atoms with Crippen LogP contribution in [0, 0.1) is 34.3 Å². The molecule has 0 aliphatic carbocycles. The first-order valence-corrected chi connectivity index (χ1v) is 19.2. The second-order valence-corrected chi connectivity index (χ2v) is 17.7. The summed E-state index contributed by atoms with van der Waals surface area (Å²) in [6.45, 7) is 19.3. The molecule has 0 spiro atoms. The Bertz CT molecular complexity index is 1240. The number of ether oxygens (including phenoxy) is 6. The fourth-order valence-corrected chi connectivity index (χ4v) is 9.07. The Kier molecular flexibility index (Phi) is 15.0. The van der Waals surface area contributed by atoms with Crippen LogP contribution in [0.3, 0.4) is 0 Å². The molecule has 3 aliphatic heterocycles. The molecule has 3 aliphatic rings. The maximum atomic E-state index is 14.2. The molecule has 0 aromatic heterocycles. The van der Waals surface area contributed by atoms with Crippen molar-refractivity contribution >= 4 is 11.7 Å². The predicted molar refractivity (Wildman–Crippen MR) is 195 cm³/mol. The summed E-state index contributed by atoms with van der Waals surface area (Å²) in [4.78, 5) is 14.2. The number of esters is 1. The summed E-state index contributed by atoms with van der Waals surface area (Å²) in [5, 5.41) is 72.9. The summed E-state index contributed by atoms with van der Waals surface area (Å²) in [6, 6.07) is -0.745. The molecular weight excluding hydrogens is 692 g/mol. The Morgan fingerprint density at radius 3 is 2.08 bits per heavy atom. The number of nitrogens with zero attached hydrogens (tertiary/aromatic N) is 2. The first kappa shape index (κ1) is 45.9. The van der Waals surface area contributed by atoms with Gasteiger partial charge in [-0.05, 0) is 58.8 Å². The largest absolute Gasteiger partial charge is 0.633 e. The van der Waals surface area contributed by atoms with E-state index in [1.54, 1.807) is 34.6 Å². The highest BCUT2D eigenvalue weighted by atomic mass is 16.7. The van der Waals surface area contributed by atoms with E-state index in [0.29, 0.717) is 12.8 Å². The molecular formula is C38H70N2O13. The van der Waals surface area contributed by atoms with E-state index in [1.165, 1.54) is 28.1 Å². The Morgan fingerprint density at radius 2 is 1.55 bits per heavy atom. The van der Waals surface area contributed by atoms with E-state index in [-0.39, 0.29) is 18.6 Å². The van der Waals surface area contributed by atoms with E-state index in [4.69, 9.17) is 28.4 Å². The Hall–Kier alpha value is -1.50. The summed E-state index contributed by atoms with van der Waals surface area (Å²) < 4.78 is 36.9. The molecule has 17 atom stereocenters. The molecule has 0 aromatic carbocycles. The lowest BCUT2D eigenvalue weighted by Gasteiger charge is -2.51. The van der Waals surface area contributed by atoms with Gasteiger partial charge in [0, 0.05) is 31.8 Å². The third-order valence-corrected chi connectivity index (χ3v) is 12.4. The van der Waals surface area contributed by atoms with Crippen LogP contribution >= 0.6 is 0 Å². The number of aliphatic hydroxyl groups excluding tert-OH is 3. The van der Waals surface area contributed by atoms with Gasteiger partial charge in [0.05, 0.1) is 61.8 Å². The summed E-state index contributed by atoms with van der Waals surface area (Å²) in [5.74, 6) is -3.69. The van der Waals surface area contributed by atoms with Crippen molar-refractivity contribution in [2.45, 2.75) is 181 Å². The standard InChI is InChI=1S/C38H70N2O13/c1-15-26-38(11,45)31(42)21(4)28(39-46)19(2)17-36(8,9)33(53-35-29(41)25(40(12,13)47)16-20(3)49-35)22(5)30(23(6)34(44)51-26)52-27-18-37(10,48-14)32(43)24(7)50-27/h19-27,29-33,35,41-43,45-46H,15-18H2,1-14H3/b39-28+/t19-,20-,21+,22+,23-,24+,25+,26-,27?,29-,30+,31-,32+,33-,35?,37-,38-/m1/s1. The highest BCUT2D eigenvalue weighted by Crippen LogP contribution is 2.44. The zero-order valence-corrected chi connectivity index (χ0v) is 34.4. The summed E-state index contributed by atoms with van der Waals surface area (Å²) in [6.07, 6.45) is -9.06. The zero-order valence-electron chi connectivity index (χ0n) is 34.4. The minimum absolute atomic E-state index is 0.124. The van der Waals surface area contributed by atoms with Crippen LogP contribution in [0.25, 0.3) is 0 Å². The lowest BCUT2D eigenvalue weighted by atomic mass is 9.69. The highest BCUT2D eigenvalue weighted by molar-refractivity contribution is 5.88. The number of carbonyl (C=O) groups is 1. The number of hydroxylamine groups is 3. The second kappa shape index (κ2) is 17.3. The van der Waals surface area contributed by atoms with Crippen LogP contribution in [0.15, 0.2) is 5.16 Å². The third-order valence-electron chi connectivity index (χ3n) is 12.4. The maximum Gasteiger partial charge on any atom is 0.311 e. The molecule has 15 heteroatoms. The third kappa shape index (κ3) is 9.91. The molecule has 0 amide bonds. The summed E-state index contributed by atoms with van der Waals surface area (Å²) in [5.41, 5.74) is -3.58. The van der Waals surface area contributed by atoms with Crippen molar-refractivity contribution in [1.82, 2.24) is 0 Å². The number of oxime groups is 1. The number of methoxy groups -OCH3 is 1. The van der Waals surface area contributed by atoms with Gasteiger partial charge < -0.3 is 63.9 Å². The van der Waals surface area contributed by atoms with Crippen LogP contribution in [0.5, 0.6) is 0 Å². The van der Waals surface area contributed by atoms with E-state index in [9.17, 15) is 35.6 Å². The van der Waals surface area contributed by atoms with Crippen molar-refractivity contribution in [1.29, 1.82) is 0 Å². The van der Waals surface area contributed by atoms with Crippen molar-refractivity contribution in [2.24, 2.45) is 34.2 Å². The molecule has 2 unspecified atom stereocenters. The molecule has 3 rings (SSSR count). The van der Waals surface area contributed by atoms with Gasteiger partial charge in [-0.1, -0.05) is 46.7 Å². The van der Waals surface area contributed by atoms with E-state index >= 15 is 0 Å². The van der Waals surface area contributed by atoms with Crippen LogP contribution < -0.4 is 0 Å². The van der Waals surface area contributed by atoms with Gasteiger partial charge in [-0.3, -0.25) is 4.79 Å². The van der Waals surface area contributed by atoms with Crippen LogP contribution in [0.2, 0.25) is 0 Å². The molecule has 3 heterocycles. The molecule has 3 fully saturated rings. The molecule has 5 N–H and O–H groups in total. The normalized spacial score (nSPS) is 47.5. The topological polar surface area (TPSA) is 209 Å². The number of hydrogen-bond acceptors (Lipinski definition) is 14. The van der Waals surface area contributed by atoms with E-state index in [0.717, 1.165) is 0 Å². The van der Waals surface area contributed by atoms with Crippen LogP contribution in [0.1, 0.15) is 102 Å². The van der Waals surface area contributed by atoms with Gasteiger partial charge in [-0.25, -0.2) is 0 Å². The van der Waals surface area contributed by atoms with Crippen molar-refractivity contribution in [3.05, 3.63) is 5.21 Å². The molecule has 0 saturated carbocycles.